The Morgan fingerprint density at radius 3 is 2.91 bits per heavy atom. The molecule has 1 rings (SSSR count). The smallest absolute Gasteiger partial charge is 0.106 e. The van der Waals surface area contributed by atoms with Crippen molar-refractivity contribution in [2.75, 3.05) is 0 Å². The summed E-state index contributed by atoms with van der Waals surface area (Å²) in [5.41, 5.74) is 0.925. The van der Waals surface area contributed by atoms with Gasteiger partial charge in [-0.25, -0.2) is 9.82 Å². The molecule has 2 nitrogen and oxygen atoms in total. The van der Waals surface area contributed by atoms with Crippen LogP contribution in [0.4, 0.5) is 0 Å². The average molecular weight is 236 g/mol. The minimum absolute atomic E-state index is 0.0779. The van der Waals surface area contributed by atoms with Crippen LogP contribution < -0.4 is 4.84 Å². The molecule has 0 aliphatic rings. The van der Waals surface area contributed by atoms with Gasteiger partial charge in [-0.05, 0) is 46.8 Å². The Kier molecular flexibility index (Phi) is 3.30. The van der Waals surface area contributed by atoms with Crippen LogP contribution in [0.1, 0.15) is 18.7 Å². The van der Waals surface area contributed by atoms with Crippen molar-refractivity contribution in [2.24, 2.45) is 0 Å². The molecule has 1 unspecified atom stereocenters. The van der Waals surface area contributed by atoms with Crippen LogP contribution in [0.2, 0.25) is 0 Å². The summed E-state index contributed by atoms with van der Waals surface area (Å²) < 4.78 is 0.828. The molecule has 0 saturated heterocycles. The molecule has 1 atom stereocenters. The molecule has 0 bridgehead atoms. The molecule has 60 valence electrons. The van der Waals surface area contributed by atoms with Gasteiger partial charge >= 0.3 is 0 Å². The molecule has 1 N–H and O–H groups in total. The first-order chi connectivity index (χ1) is 5.24. The number of aromatic nitrogens is 1. The van der Waals surface area contributed by atoms with E-state index >= 15 is 0 Å². The van der Waals surface area contributed by atoms with E-state index in [1.54, 1.807) is 0 Å². The maximum absolute atomic E-state index is 5.43. The van der Waals surface area contributed by atoms with Crippen LogP contribution >= 0.6 is 27.7 Å². The minimum Gasteiger partial charge on any atom is -0.244 e. The lowest BCUT2D eigenvalue weighted by molar-refractivity contribution is 0.714. The summed E-state index contributed by atoms with van der Waals surface area (Å²) in [6.45, 7) is 1.95. The molecule has 0 aliphatic heterocycles. The first-order valence-electron chi connectivity index (χ1n) is 3.22. The van der Waals surface area contributed by atoms with Gasteiger partial charge in [-0.3, -0.25) is 0 Å². The summed E-state index contributed by atoms with van der Waals surface area (Å²) in [4.78, 5) is 6.81. The van der Waals surface area contributed by atoms with E-state index < -0.39 is 0 Å². The molecule has 0 amide bonds. The van der Waals surface area contributed by atoms with Crippen LogP contribution in [0.5, 0.6) is 0 Å². The van der Waals surface area contributed by atoms with Gasteiger partial charge in [-0.2, -0.15) is 0 Å². The summed E-state index contributed by atoms with van der Waals surface area (Å²) in [7, 11) is 0. The first-order valence-corrected chi connectivity index (χ1v) is 4.39. The number of nitrogens with one attached hydrogen (secondary N) is 1. The highest BCUT2D eigenvalue weighted by molar-refractivity contribution is 9.10. The van der Waals surface area contributed by atoms with E-state index in [0.717, 1.165) is 10.3 Å². The number of hydrogen-bond acceptors (Lipinski definition) is 2. The Morgan fingerprint density at radius 2 is 2.36 bits per heavy atom. The van der Waals surface area contributed by atoms with Gasteiger partial charge in [0.1, 0.15) is 4.60 Å². The Balaban J connectivity index is 2.86. The standard InChI is InChI=1S/C7H8BrClN2/c1-5(11-9)6-3-2-4-7(8)10-6/h2-5,11H,1H3. The van der Waals surface area contributed by atoms with Gasteiger partial charge in [0.05, 0.1) is 11.7 Å². The second-order valence-electron chi connectivity index (χ2n) is 2.22. The summed E-state index contributed by atoms with van der Waals surface area (Å²) in [5, 5.41) is 0. The molecule has 0 aromatic carbocycles. The van der Waals surface area contributed by atoms with Crippen molar-refractivity contribution in [3.63, 3.8) is 0 Å². The second-order valence-corrected chi connectivity index (χ2v) is 3.25. The molecule has 0 saturated carbocycles. The summed E-state index contributed by atoms with van der Waals surface area (Å²) in [6.07, 6.45) is 0. The molecule has 0 aliphatic carbocycles. The molecule has 1 aromatic heterocycles. The lowest BCUT2D eigenvalue weighted by Crippen LogP contribution is -2.08. The highest BCUT2D eigenvalue weighted by Gasteiger charge is 2.03. The molecule has 4 heteroatoms. The zero-order valence-corrected chi connectivity index (χ0v) is 8.35. The van der Waals surface area contributed by atoms with Gasteiger partial charge in [0, 0.05) is 0 Å². The maximum atomic E-state index is 5.43. The van der Waals surface area contributed by atoms with Gasteiger partial charge in [0.25, 0.3) is 0 Å². The monoisotopic (exact) mass is 234 g/mol. The van der Waals surface area contributed by atoms with E-state index in [4.69, 9.17) is 11.8 Å². The molecule has 11 heavy (non-hydrogen) atoms. The number of pyridine rings is 1. The van der Waals surface area contributed by atoms with Crippen LogP contribution in [0.25, 0.3) is 0 Å². The van der Waals surface area contributed by atoms with Crippen molar-refractivity contribution >= 4 is 27.7 Å². The summed E-state index contributed by atoms with van der Waals surface area (Å²) in [5.74, 6) is 0. The summed E-state index contributed by atoms with van der Waals surface area (Å²) >= 11 is 8.71. The Bertz CT molecular complexity index is 242. The largest absolute Gasteiger partial charge is 0.244 e. The fourth-order valence-corrected chi connectivity index (χ4v) is 1.19. The van der Waals surface area contributed by atoms with Gasteiger partial charge in [0.2, 0.25) is 0 Å². The molecule has 0 radical (unpaired) electrons. The maximum Gasteiger partial charge on any atom is 0.106 e. The number of hydrogen-bond donors (Lipinski definition) is 1. The zero-order chi connectivity index (χ0) is 8.27. The molecule has 0 spiro atoms. The molecule has 1 aromatic rings. The predicted octanol–water partition coefficient (Wildman–Crippen LogP) is 2.65. The Hall–Kier alpha value is -0.120. The van der Waals surface area contributed by atoms with Gasteiger partial charge in [0.15, 0.2) is 0 Å². The van der Waals surface area contributed by atoms with Crippen molar-refractivity contribution in [1.29, 1.82) is 0 Å². The Labute approximate surface area is 79.2 Å². The summed E-state index contributed by atoms with van der Waals surface area (Å²) in [6, 6.07) is 5.81. The van der Waals surface area contributed by atoms with Crippen molar-refractivity contribution < 1.29 is 0 Å². The minimum atomic E-state index is 0.0779. The van der Waals surface area contributed by atoms with Crippen molar-refractivity contribution in [1.82, 2.24) is 9.82 Å². The van der Waals surface area contributed by atoms with Crippen molar-refractivity contribution in [2.45, 2.75) is 13.0 Å². The number of halogens is 2. The van der Waals surface area contributed by atoms with E-state index in [1.165, 1.54) is 0 Å². The predicted molar refractivity (Wildman–Crippen MR) is 49.3 cm³/mol. The van der Waals surface area contributed by atoms with E-state index in [9.17, 15) is 0 Å². The molecular formula is C7H8BrClN2. The van der Waals surface area contributed by atoms with E-state index in [0.29, 0.717) is 0 Å². The van der Waals surface area contributed by atoms with Crippen LogP contribution in [-0.4, -0.2) is 4.98 Å². The van der Waals surface area contributed by atoms with Gasteiger partial charge < -0.3 is 0 Å². The quantitative estimate of drug-likeness (QED) is 0.630. The van der Waals surface area contributed by atoms with Gasteiger partial charge in [-0.15, -0.1) is 0 Å². The third-order valence-electron chi connectivity index (χ3n) is 1.34. The Morgan fingerprint density at radius 1 is 1.64 bits per heavy atom. The molecular weight excluding hydrogens is 227 g/mol. The van der Waals surface area contributed by atoms with Crippen LogP contribution in [0, 0.1) is 0 Å². The third kappa shape index (κ3) is 2.43. The highest BCUT2D eigenvalue weighted by atomic mass is 79.9. The number of rotatable bonds is 2. The van der Waals surface area contributed by atoms with Crippen LogP contribution in [-0.2, 0) is 0 Å². The van der Waals surface area contributed by atoms with E-state index in [-0.39, 0.29) is 6.04 Å². The lowest BCUT2D eigenvalue weighted by Gasteiger charge is -2.06. The van der Waals surface area contributed by atoms with Crippen molar-refractivity contribution in [3.05, 3.63) is 28.5 Å². The highest BCUT2D eigenvalue weighted by Crippen LogP contribution is 2.13. The third-order valence-corrected chi connectivity index (χ3v) is 2.11. The SMILES string of the molecule is CC(NCl)c1cccc(Br)n1. The second kappa shape index (κ2) is 4.04. The zero-order valence-electron chi connectivity index (χ0n) is 6.01. The molecule has 1 heterocycles. The topological polar surface area (TPSA) is 24.9 Å². The van der Waals surface area contributed by atoms with E-state index in [2.05, 4.69) is 25.7 Å². The average Bonchev–Trinajstić information content (AvgIpc) is 2.03. The fourth-order valence-electron chi connectivity index (χ4n) is 0.721. The lowest BCUT2D eigenvalue weighted by atomic mass is 10.2. The van der Waals surface area contributed by atoms with Crippen LogP contribution in [0.3, 0.4) is 0 Å². The molecule has 0 fully saturated rings. The fraction of sp³-hybridized carbons (Fsp3) is 0.286. The van der Waals surface area contributed by atoms with Crippen LogP contribution in [0.15, 0.2) is 22.8 Å². The first kappa shape index (κ1) is 8.97. The van der Waals surface area contributed by atoms with Gasteiger partial charge in [-0.1, -0.05) is 6.07 Å². The number of nitrogens with zero attached hydrogens (tertiary/aromatic N) is 1. The van der Waals surface area contributed by atoms with E-state index in [1.807, 2.05) is 25.1 Å². The van der Waals surface area contributed by atoms with Crippen molar-refractivity contribution in [3.8, 4) is 0 Å². The normalized spacial score (nSPS) is 13.0.